The molecule has 0 atom stereocenters. The number of rotatable bonds is 4. The van der Waals surface area contributed by atoms with Gasteiger partial charge in [-0.25, -0.2) is 9.78 Å². The zero-order valence-electron chi connectivity index (χ0n) is 11.4. The van der Waals surface area contributed by atoms with Crippen LogP contribution in [0.1, 0.15) is 31.1 Å². The Balaban J connectivity index is 2.67. The Bertz CT molecular complexity index is 608. The molecular formula is C15H18N2O2. The van der Waals surface area contributed by atoms with Gasteiger partial charge in [0.05, 0.1) is 11.1 Å². The Kier molecular flexibility index (Phi) is 3.69. The van der Waals surface area contributed by atoms with Gasteiger partial charge in [0.15, 0.2) is 0 Å². The van der Waals surface area contributed by atoms with Crippen molar-refractivity contribution in [2.45, 2.75) is 26.8 Å². The van der Waals surface area contributed by atoms with E-state index in [-0.39, 0.29) is 6.04 Å². The Hall–Kier alpha value is -2.10. The SMILES string of the molecule is CCN(c1cc(C(=O)O)c2ccccc2n1)C(C)C. The molecule has 0 aliphatic heterocycles. The summed E-state index contributed by atoms with van der Waals surface area (Å²) in [6.45, 7) is 6.97. The lowest BCUT2D eigenvalue weighted by Gasteiger charge is -2.26. The third kappa shape index (κ3) is 2.52. The first-order chi connectivity index (χ1) is 9.04. The van der Waals surface area contributed by atoms with E-state index < -0.39 is 5.97 Å². The number of hydrogen-bond acceptors (Lipinski definition) is 3. The van der Waals surface area contributed by atoms with E-state index in [0.717, 1.165) is 12.1 Å². The molecule has 0 spiro atoms. The second-order valence-corrected chi connectivity index (χ2v) is 4.73. The van der Waals surface area contributed by atoms with Crippen LogP contribution >= 0.6 is 0 Å². The molecule has 0 unspecified atom stereocenters. The highest BCUT2D eigenvalue weighted by atomic mass is 16.4. The number of hydrogen-bond donors (Lipinski definition) is 1. The predicted molar refractivity (Wildman–Crippen MR) is 76.9 cm³/mol. The summed E-state index contributed by atoms with van der Waals surface area (Å²) in [6.07, 6.45) is 0. The largest absolute Gasteiger partial charge is 0.478 e. The zero-order valence-corrected chi connectivity index (χ0v) is 11.4. The summed E-state index contributed by atoms with van der Waals surface area (Å²) in [5, 5.41) is 10.0. The second kappa shape index (κ2) is 5.26. The molecule has 0 radical (unpaired) electrons. The van der Waals surface area contributed by atoms with Gasteiger partial charge in [0.25, 0.3) is 0 Å². The van der Waals surface area contributed by atoms with Crippen molar-refractivity contribution in [2.75, 3.05) is 11.4 Å². The van der Waals surface area contributed by atoms with E-state index in [9.17, 15) is 9.90 Å². The van der Waals surface area contributed by atoms with Crippen LogP contribution in [0.15, 0.2) is 30.3 Å². The van der Waals surface area contributed by atoms with Crippen LogP contribution in [0.2, 0.25) is 0 Å². The third-order valence-electron chi connectivity index (χ3n) is 3.19. The molecule has 1 aromatic carbocycles. The van der Waals surface area contributed by atoms with Crippen LogP contribution in [0.25, 0.3) is 10.9 Å². The van der Waals surface area contributed by atoms with Crippen LogP contribution in [-0.4, -0.2) is 28.6 Å². The van der Waals surface area contributed by atoms with Crippen LogP contribution in [0, 0.1) is 0 Å². The van der Waals surface area contributed by atoms with Gasteiger partial charge in [0.2, 0.25) is 0 Å². The number of fused-ring (bicyclic) bond motifs is 1. The molecule has 1 aromatic heterocycles. The topological polar surface area (TPSA) is 53.4 Å². The molecule has 19 heavy (non-hydrogen) atoms. The number of pyridine rings is 1. The first-order valence-electron chi connectivity index (χ1n) is 6.44. The minimum absolute atomic E-state index is 0.278. The monoisotopic (exact) mass is 258 g/mol. The van der Waals surface area contributed by atoms with Gasteiger partial charge in [-0.1, -0.05) is 18.2 Å². The van der Waals surface area contributed by atoms with Crippen LogP contribution in [0.5, 0.6) is 0 Å². The lowest BCUT2D eigenvalue weighted by atomic mass is 10.1. The van der Waals surface area contributed by atoms with E-state index in [4.69, 9.17) is 0 Å². The van der Waals surface area contributed by atoms with E-state index in [1.165, 1.54) is 0 Å². The van der Waals surface area contributed by atoms with Crippen LogP contribution in [-0.2, 0) is 0 Å². The van der Waals surface area contributed by atoms with Gasteiger partial charge in [-0.15, -0.1) is 0 Å². The second-order valence-electron chi connectivity index (χ2n) is 4.73. The van der Waals surface area contributed by atoms with E-state index in [1.54, 1.807) is 12.1 Å². The van der Waals surface area contributed by atoms with Crippen molar-refractivity contribution in [1.82, 2.24) is 4.98 Å². The van der Waals surface area contributed by atoms with E-state index in [1.807, 2.05) is 25.1 Å². The average molecular weight is 258 g/mol. The molecule has 0 amide bonds. The van der Waals surface area contributed by atoms with Gasteiger partial charge in [0.1, 0.15) is 5.82 Å². The lowest BCUT2D eigenvalue weighted by molar-refractivity contribution is 0.0699. The summed E-state index contributed by atoms with van der Waals surface area (Å²) in [4.78, 5) is 18.1. The maximum Gasteiger partial charge on any atom is 0.336 e. The zero-order chi connectivity index (χ0) is 14.0. The summed E-state index contributed by atoms with van der Waals surface area (Å²) < 4.78 is 0. The fraction of sp³-hybridized carbons (Fsp3) is 0.333. The predicted octanol–water partition coefficient (Wildman–Crippen LogP) is 3.17. The summed E-state index contributed by atoms with van der Waals surface area (Å²) in [6, 6.07) is 9.28. The van der Waals surface area contributed by atoms with Gasteiger partial charge in [-0.05, 0) is 32.9 Å². The van der Waals surface area contributed by atoms with E-state index in [0.29, 0.717) is 16.8 Å². The van der Waals surface area contributed by atoms with Crippen LogP contribution in [0.4, 0.5) is 5.82 Å². The highest BCUT2D eigenvalue weighted by molar-refractivity contribution is 6.03. The molecule has 0 aliphatic carbocycles. The van der Waals surface area contributed by atoms with Crippen LogP contribution < -0.4 is 4.90 Å². The Morgan fingerprint density at radius 1 is 1.37 bits per heavy atom. The maximum atomic E-state index is 11.4. The number of aromatic carboxylic acids is 1. The molecule has 4 heteroatoms. The summed E-state index contributed by atoms with van der Waals surface area (Å²) in [5.74, 6) is -0.201. The molecule has 100 valence electrons. The summed E-state index contributed by atoms with van der Waals surface area (Å²) >= 11 is 0. The maximum absolute atomic E-state index is 11.4. The summed E-state index contributed by atoms with van der Waals surface area (Å²) in [5.41, 5.74) is 1.02. The standard InChI is InChI=1S/C15H18N2O2/c1-4-17(10(2)3)14-9-12(15(18)19)11-7-5-6-8-13(11)16-14/h5-10H,4H2,1-3H3,(H,18,19). The molecule has 0 saturated heterocycles. The van der Waals surface area contributed by atoms with Gasteiger partial charge >= 0.3 is 5.97 Å². The van der Waals surface area contributed by atoms with Crippen molar-refractivity contribution in [2.24, 2.45) is 0 Å². The number of benzene rings is 1. The third-order valence-corrected chi connectivity index (χ3v) is 3.19. The first-order valence-corrected chi connectivity index (χ1v) is 6.44. The first kappa shape index (κ1) is 13.3. The number of aromatic nitrogens is 1. The number of carboxylic acid groups (broad SMARTS) is 1. The molecule has 0 fully saturated rings. The van der Waals surface area contributed by atoms with Gasteiger partial charge in [-0.2, -0.15) is 0 Å². The average Bonchev–Trinajstić information content (AvgIpc) is 2.38. The quantitative estimate of drug-likeness (QED) is 0.915. The Morgan fingerprint density at radius 3 is 2.63 bits per heavy atom. The fourth-order valence-electron chi connectivity index (χ4n) is 2.28. The number of para-hydroxylation sites is 1. The molecule has 2 aromatic rings. The number of carbonyl (C=O) groups is 1. The van der Waals surface area contributed by atoms with Crippen molar-refractivity contribution < 1.29 is 9.90 Å². The fourth-order valence-corrected chi connectivity index (χ4v) is 2.28. The number of carboxylic acids is 1. The Morgan fingerprint density at radius 2 is 2.05 bits per heavy atom. The van der Waals surface area contributed by atoms with E-state index in [2.05, 4.69) is 23.7 Å². The minimum Gasteiger partial charge on any atom is -0.478 e. The molecule has 4 nitrogen and oxygen atoms in total. The van der Waals surface area contributed by atoms with Crippen molar-refractivity contribution in [3.05, 3.63) is 35.9 Å². The van der Waals surface area contributed by atoms with Crippen molar-refractivity contribution in [3.63, 3.8) is 0 Å². The van der Waals surface area contributed by atoms with Crippen molar-refractivity contribution >= 4 is 22.7 Å². The molecule has 0 saturated carbocycles. The van der Waals surface area contributed by atoms with E-state index >= 15 is 0 Å². The number of nitrogens with zero attached hydrogens (tertiary/aromatic N) is 2. The highest BCUT2D eigenvalue weighted by Gasteiger charge is 2.16. The normalized spacial score (nSPS) is 10.9. The number of anilines is 1. The molecule has 2 rings (SSSR count). The van der Waals surface area contributed by atoms with Crippen molar-refractivity contribution in [1.29, 1.82) is 0 Å². The van der Waals surface area contributed by atoms with Gasteiger partial charge in [-0.3, -0.25) is 0 Å². The van der Waals surface area contributed by atoms with Gasteiger partial charge < -0.3 is 10.0 Å². The minimum atomic E-state index is -0.917. The molecule has 1 N–H and O–H groups in total. The Labute approximate surface area is 112 Å². The molecule has 0 aliphatic rings. The highest BCUT2D eigenvalue weighted by Crippen LogP contribution is 2.24. The smallest absolute Gasteiger partial charge is 0.336 e. The molecule has 0 bridgehead atoms. The molecular weight excluding hydrogens is 240 g/mol. The van der Waals surface area contributed by atoms with Crippen LogP contribution in [0.3, 0.4) is 0 Å². The van der Waals surface area contributed by atoms with Gasteiger partial charge in [0, 0.05) is 18.0 Å². The molecule has 1 heterocycles. The summed E-state index contributed by atoms with van der Waals surface area (Å²) in [7, 11) is 0. The lowest BCUT2D eigenvalue weighted by Crippen LogP contribution is -2.31. The van der Waals surface area contributed by atoms with Crippen molar-refractivity contribution in [3.8, 4) is 0 Å².